The van der Waals surface area contributed by atoms with Crippen molar-refractivity contribution in [2.45, 2.75) is 0 Å². The van der Waals surface area contributed by atoms with Gasteiger partial charge in [-0.25, -0.2) is 13.8 Å². The second-order valence-electron chi connectivity index (χ2n) is 6.44. The Morgan fingerprint density at radius 2 is 1.69 bits per heavy atom. The van der Waals surface area contributed by atoms with E-state index < -0.39 is 40.5 Å². The van der Waals surface area contributed by atoms with Gasteiger partial charge in [-0.2, -0.15) is 8.78 Å². The smallest absolute Gasteiger partial charge is 0.261 e. The standard InChI is InChI=1S/C21H10Cl2F4N2O3/c1-31-19-17(26)15(24)14(16(25)18(19)27)20(30)28-9-3-5-13-12(7-9)29-21(32-13)10-6-8(22)2-4-11(10)23/h2-7H,1H3,(H,28,30). The Kier molecular flexibility index (Phi) is 5.70. The number of rotatable bonds is 4. The quantitative estimate of drug-likeness (QED) is 0.261. The third kappa shape index (κ3) is 3.74. The zero-order chi connectivity index (χ0) is 23.2. The van der Waals surface area contributed by atoms with Gasteiger partial charge >= 0.3 is 0 Å². The molecule has 0 aliphatic rings. The molecule has 0 spiro atoms. The van der Waals surface area contributed by atoms with E-state index in [1.54, 1.807) is 18.2 Å². The van der Waals surface area contributed by atoms with Crippen LogP contribution in [0.4, 0.5) is 23.2 Å². The van der Waals surface area contributed by atoms with Crippen LogP contribution in [0.2, 0.25) is 10.0 Å². The summed E-state index contributed by atoms with van der Waals surface area (Å²) in [5.74, 6) is -9.98. The SMILES string of the molecule is COc1c(F)c(F)c(C(=O)Nc2ccc3oc(-c4cc(Cl)ccc4Cl)nc3c2)c(F)c1F. The molecule has 0 aliphatic carbocycles. The third-order valence-corrected chi connectivity index (χ3v) is 5.02. The Balaban J connectivity index is 1.69. The van der Waals surface area contributed by atoms with Crippen molar-refractivity contribution in [2.24, 2.45) is 0 Å². The molecule has 11 heteroatoms. The molecular formula is C21H10Cl2F4N2O3. The number of methoxy groups -OCH3 is 1. The van der Waals surface area contributed by atoms with Crippen molar-refractivity contribution in [1.82, 2.24) is 4.98 Å². The van der Waals surface area contributed by atoms with Crippen molar-refractivity contribution in [3.8, 4) is 17.2 Å². The monoisotopic (exact) mass is 484 g/mol. The summed E-state index contributed by atoms with van der Waals surface area (Å²) < 4.78 is 66.1. The van der Waals surface area contributed by atoms with Gasteiger partial charge in [0.2, 0.25) is 17.5 Å². The van der Waals surface area contributed by atoms with Gasteiger partial charge in [0, 0.05) is 10.7 Å². The molecule has 1 amide bonds. The first-order valence-electron chi connectivity index (χ1n) is 8.78. The molecular weight excluding hydrogens is 475 g/mol. The molecule has 164 valence electrons. The number of nitrogens with one attached hydrogen (secondary N) is 1. The highest BCUT2D eigenvalue weighted by atomic mass is 35.5. The molecule has 1 heterocycles. The molecule has 5 nitrogen and oxygen atoms in total. The van der Waals surface area contributed by atoms with E-state index in [0.717, 1.165) is 7.11 Å². The molecule has 4 aromatic rings. The number of carbonyl (C=O) groups excluding carboxylic acids is 1. The van der Waals surface area contributed by atoms with Crippen molar-refractivity contribution in [3.63, 3.8) is 0 Å². The van der Waals surface area contributed by atoms with Crippen LogP contribution in [0.15, 0.2) is 40.8 Å². The van der Waals surface area contributed by atoms with Gasteiger partial charge in [0.05, 0.1) is 17.7 Å². The van der Waals surface area contributed by atoms with Gasteiger partial charge in [0.1, 0.15) is 11.1 Å². The van der Waals surface area contributed by atoms with Crippen LogP contribution in [0.3, 0.4) is 0 Å². The molecule has 4 rings (SSSR count). The zero-order valence-electron chi connectivity index (χ0n) is 15.9. The van der Waals surface area contributed by atoms with Crippen LogP contribution in [0.25, 0.3) is 22.6 Å². The van der Waals surface area contributed by atoms with Crippen LogP contribution in [0.1, 0.15) is 10.4 Å². The summed E-state index contributed by atoms with van der Waals surface area (Å²) in [5.41, 5.74) is -0.397. The van der Waals surface area contributed by atoms with Gasteiger partial charge in [-0.3, -0.25) is 4.79 Å². The summed E-state index contributed by atoms with van der Waals surface area (Å²) >= 11 is 12.1. The summed E-state index contributed by atoms with van der Waals surface area (Å²) in [6.45, 7) is 0. The minimum Gasteiger partial charge on any atom is -0.491 e. The summed E-state index contributed by atoms with van der Waals surface area (Å²) in [6.07, 6.45) is 0. The van der Waals surface area contributed by atoms with E-state index >= 15 is 0 Å². The van der Waals surface area contributed by atoms with Gasteiger partial charge in [-0.15, -0.1) is 0 Å². The van der Waals surface area contributed by atoms with Crippen LogP contribution in [0.5, 0.6) is 5.75 Å². The Bertz CT molecular complexity index is 1360. The zero-order valence-corrected chi connectivity index (χ0v) is 17.4. The van der Waals surface area contributed by atoms with Crippen LogP contribution in [0, 0.1) is 23.3 Å². The molecule has 0 atom stereocenters. The number of carbonyl (C=O) groups is 1. The highest BCUT2D eigenvalue weighted by Crippen LogP contribution is 2.33. The first-order valence-corrected chi connectivity index (χ1v) is 9.54. The maximum Gasteiger partial charge on any atom is 0.261 e. The van der Waals surface area contributed by atoms with E-state index in [0.29, 0.717) is 21.2 Å². The van der Waals surface area contributed by atoms with Gasteiger partial charge in [0.25, 0.3) is 5.91 Å². The topological polar surface area (TPSA) is 64.4 Å². The molecule has 0 radical (unpaired) electrons. The van der Waals surface area contributed by atoms with Gasteiger partial charge in [-0.05, 0) is 36.4 Å². The Morgan fingerprint density at radius 1 is 1.00 bits per heavy atom. The maximum absolute atomic E-state index is 14.2. The fourth-order valence-corrected chi connectivity index (χ4v) is 3.34. The normalized spacial score (nSPS) is 11.1. The van der Waals surface area contributed by atoms with E-state index in [1.165, 1.54) is 18.2 Å². The molecule has 32 heavy (non-hydrogen) atoms. The fraction of sp³-hybridized carbons (Fsp3) is 0.0476. The number of hydrogen-bond donors (Lipinski definition) is 1. The Hall–Kier alpha value is -3.30. The van der Waals surface area contributed by atoms with Crippen molar-refractivity contribution in [2.75, 3.05) is 12.4 Å². The first kappa shape index (κ1) is 21.9. The van der Waals surface area contributed by atoms with E-state index in [9.17, 15) is 22.4 Å². The summed E-state index contributed by atoms with van der Waals surface area (Å²) in [5, 5.41) is 2.91. The number of nitrogens with zero attached hydrogens (tertiary/aromatic N) is 1. The summed E-state index contributed by atoms with van der Waals surface area (Å²) in [6, 6.07) is 8.83. The first-order chi connectivity index (χ1) is 15.2. The number of aromatic nitrogens is 1. The fourth-order valence-electron chi connectivity index (χ4n) is 2.97. The van der Waals surface area contributed by atoms with Crippen LogP contribution >= 0.6 is 23.2 Å². The van der Waals surface area contributed by atoms with Crippen molar-refractivity contribution in [1.29, 1.82) is 0 Å². The minimum atomic E-state index is -1.89. The molecule has 1 N–H and O–H groups in total. The predicted molar refractivity (Wildman–Crippen MR) is 110 cm³/mol. The molecule has 3 aromatic carbocycles. The molecule has 0 bridgehead atoms. The molecule has 0 saturated heterocycles. The van der Waals surface area contributed by atoms with Gasteiger partial charge in [-0.1, -0.05) is 23.2 Å². The second-order valence-corrected chi connectivity index (χ2v) is 7.29. The van der Waals surface area contributed by atoms with E-state index in [4.69, 9.17) is 27.6 Å². The lowest BCUT2D eigenvalue weighted by molar-refractivity contribution is 0.101. The average molecular weight is 485 g/mol. The number of ether oxygens (including phenoxy) is 1. The lowest BCUT2D eigenvalue weighted by Crippen LogP contribution is -2.18. The van der Waals surface area contributed by atoms with Crippen molar-refractivity contribution >= 4 is 45.9 Å². The highest BCUT2D eigenvalue weighted by molar-refractivity contribution is 6.35. The lowest BCUT2D eigenvalue weighted by atomic mass is 10.1. The number of benzene rings is 3. The molecule has 0 aliphatic heterocycles. The highest BCUT2D eigenvalue weighted by Gasteiger charge is 2.30. The lowest BCUT2D eigenvalue weighted by Gasteiger charge is -2.11. The number of hydrogen-bond acceptors (Lipinski definition) is 4. The molecule has 1 aromatic heterocycles. The predicted octanol–water partition coefficient (Wildman–Crippen LogP) is 6.62. The summed E-state index contributed by atoms with van der Waals surface area (Å²) in [4.78, 5) is 16.6. The van der Waals surface area contributed by atoms with Crippen LogP contribution in [-0.4, -0.2) is 18.0 Å². The molecule has 0 unspecified atom stereocenters. The number of oxazole rings is 1. The number of halogens is 6. The van der Waals surface area contributed by atoms with Gasteiger partial charge in [0.15, 0.2) is 23.0 Å². The third-order valence-electron chi connectivity index (χ3n) is 4.46. The van der Waals surface area contributed by atoms with Crippen LogP contribution in [-0.2, 0) is 0 Å². The number of amides is 1. The van der Waals surface area contributed by atoms with E-state index in [2.05, 4.69) is 15.0 Å². The minimum absolute atomic E-state index is 0.0370. The largest absolute Gasteiger partial charge is 0.491 e. The van der Waals surface area contributed by atoms with Crippen molar-refractivity contribution in [3.05, 3.63) is 75.3 Å². The number of fused-ring (bicyclic) bond motifs is 1. The summed E-state index contributed by atoms with van der Waals surface area (Å²) in [7, 11) is 0.831. The average Bonchev–Trinajstić information content (AvgIpc) is 3.18. The van der Waals surface area contributed by atoms with E-state index in [1.807, 2.05) is 0 Å². The maximum atomic E-state index is 14.2. The van der Waals surface area contributed by atoms with Crippen LogP contribution < -0.4 is 10.1 Å². The molecule has 0 saturated carbocycles. The van der Waals surface area contributed by atoms with Gasteiger partial charge < -0.3 is 14.5 Å². The molecule has 0 fully saturated rings. The Morgan fingerprint density at radius 3 is 2.34 bits per heavy atom. The Labute approximate surface area is 187 Å². The second kappa shape index (κ2) is 8.33. The van der Waals surface area contributed by atoms with Crippen molar-refractivity contribution < 1.29 is 31.5 Å². The number of anilines is 1. The van der Waals surface area contributed by atoms with E-state index in [-0.39, 0.29) is 17.1 Å².